The lowest BCUT2D eigenvalue weighted by Crippen LogP contribution is -2.29. The van der Waals surface area contributed by atoms with Gasteiger partial charge in [0.2, 0.25) is 0 Å². The van der Waals surface area contributed by atoms with Crippen LogP contribution >= 0.6 is 0 Å². The van der Waals surface area contributed by atoms with Crippen LogP contribution in [-0.2, 0) is 0 Å². The normalized spacial score (nSPS) is 23.0. The van der Waals surface area contributed by atoms with E-state index in [0.29, 0.717) is 24.1 Å². The SMILES string of the molecule is Cc1cc(NC2CCCC2CN)ccc1[N+](=O)[O-]. The van der Waals surface area contributed by atoms with E-state index in [4.69, 9.17) is 5.73 Å². The Labute approximate surface area is 107 Å². The molecule has 0 radical (unpaired) electrons. The highest BCUT2D eigenvalue weighted by molar-refractivity contribution is 5.54. The van der Waals surface area contributed by atoms with E-state index in [9.17, 15) is 10.1 Å². The third kappa shape index (κ3) is 2.61. The Kier molecular flexibility index (Phi) is 3.81. The molecule has 1 aliphatic carbocycles. The van der Waals surface area contributed by atoms with Gasteiger partial charge in [-0.15, -0.1) is 0 Å². The second-order valence-corrected chi connectivity index (χ2v) is 4.94. The number of rotatable bonds is 4. The summed E-state index contributed by atoms with van der Waals surface area (Å²) < 4.78 is 0. The third-order valence-electron chi connectivity index (χ3n) is 3.71. The summed E-state index contributed by atoms with van der Waals surface area (Å²) in [6.45, 7) is 2.46. The molecule has 0 aliphatic heterocycles. The molecule has 2 atom stereocenters. The molecule has 0 spiro atoms. The van der Waals surface area contributed by atoms with Gasteiger partial charge in [0.1, 0.15) is 0 Å². The van der Waals surface area contributed by atoms with E-state index in [-0.39, 0.29) is 10.6 Å². The lowest BCUT2D eigenvalue weighted by molar-refractivity contribution is -0.385. The molecule has 0 amide bonds. The molecule has 98 valence electrons. The predicted octanol–water partition coefficient (Wildman–Crippen LogP) is 2.44. The van der Waals surface area contributed by atoms with E-state index < -0.39 is 0 Å². The molecule has 5 heteroatoms. The van der Waals surface area contributed by atoms with Gasteiger partial charge >= 0.3 is 0 Å². The molecular formula is C13H19N3O2. The Morgan fingerprint density at radius 1 is 1.50 bits per heavy atom. The van der Waals surface area contributed by atoms with Crippen LogP contribution in [0.1, 0.15) is 24.8 Å². The lowest BCUT2D eigenvalue weighted by Gasteiger charge is -2.20. The van der Waals surface area contributed by atoms with Crippen molar-refractivity contribution < 1.29 is 4.92 Å². The first-order valence-electron chi connectivity index (χ1n) is 6.33. The van der Waals surface area contributed by atoms with Crippen LogP contribution in [0, 0.1) is 23.0 Å². The molecule has 2 rings (SSSR count). The fourth-order valence-corrected chi connectivity index (χ4v) is 2.67. The number of nitro benzene ring substituents is 1. The van der Waals surface area contributed by atoms with Gasteiger partial charge in [0, 0.05) is 23.4 Å². The van der Waals surface area contributed by atoms with E-state index >= 15 is 0 Å². The second kappa shape index (κ2) is 5.35. The van der Waals surface area contributed by atoms with Crippen LogP contribution in [0.3, 0.4) is 0 Å². The topological polar surface area (TPSA) is 81.2 Å². The highest BCUT2D eigenvalue weighted by Gasteiger charge is 2.26. The summed E-state index contributed by atoms with van der Waals surface area (Å²) in [4.78, 5) is 10.4. The van der Waals surface area contributed by atoms with Crippen molar-refractivity contribution in [2.45, 2.75) is 32.2 Å². The molecule has 18 heavy (non-hydrogen) atoms. The number of nitrogens with two attached hydrogens (primary N) is 1. The molecule has 1 aromatic rings. The molecule has 1 aromatic carbocycles. The monoisotopic (exact) mass is 249 g/mol. The van der Waals surface area contributed by atoms with Crippen molar-refractivity contribution in [2.24, 2.45) is 11.7 Å². The van der Waals surface area contributed by atoms with E-state index in [1.807, 2.05) is 6.07 Å². The summed E-state index contributed by atoms with van der Waals surface area (Å²) >= 11 is 0. The lowest BCUT2D eigenvalue weighted by atomic mass is 10.0. The van der Waals surface area contributed by atoms with Crippen LogP contribution < -0.4 is 11.1 Å². The standard InChI is InChI=1S/C13H19N3O2/c1-9-7-11(5-6-13(9)16(17)18)15-12-4-2-3-10(12)8-14/h5-7,10,12,15H,2-4,8,14H2,1H3. The van der Waals surface area contributed by atoms with Crippen LogP contribution in [-0.4, -0.2) is 17.5 Å². The van der Waals surface area contributed by atoms with Crippen LogP contribution in [0.2, 0.25) is 0 Å². The fourth-order valence-electron chi connectivity index (χ4n) is 2.67. The maximum absolute atomic E-state index is 10.7. The summed E-state index contributed by atoms with van der Waals surface area (Å²) in [6.07, 6.45) is 3.49. The third-order valence-corrected chi connectivity index (χ3v) is 3.71. The number of aryl methyl sites for hydroxylation is 1. The van der Waals surface area contributed by atoms with Crippen molar-refractivity contribution in [1.29, 1.82) is 0 Å². The molecule has 1 fully saturated rings. The van der Waals surface area contributed by atoms with Gasteiger partial charge in [-0.1, -0.05) is 6.42 Å². The highest BCUT2D eigenvalue weighted by atomic mass is 16.6. The van der Waals surface area contributed by atoms with Crippen LogP contribution in [0.4, 0.5) is 11.4 Å². The highest BCUT2D eigenvalue weighted by Crippen LogP contribution is 2.29. The number of nitrogens with zero attached hydrogens (tertiary/aromatic N) is 1. The van der Waals surface area contributed by atoms with Crippen molar-refractivity contribution >= 4 is 11.4 Å². The van der Waals surface area contributed by atoms with Crippen LogP contribution in [0.5, 0.6) is 0 Å². The first-order chi connectivity index (χ1) is 8.61. The molecule has 0 saturated heterocycles. The first kappa shape index (κ1) is 12.8. The number of hydrogen-bond acceptors (Lipinski definition) is 4. The van der Waals surface area contributed by atoms with Crippen LogP contribution in [0.15, 0.2) is 18.2 Å². The maximum atomic E-state index is 10.7. The van der Waals surface area contributed by atoms with Crippen molar-refractivity contribution in [2.75, 3.05) is 11.9 Å². The van der Waals surface area contributed by atoms with Gasteiger partial charge in [0.25, 0.3) is 5.69 Å². The zero-order valence-corrected chi connectivity index (χ0v) is 10.6. The van der Waals surface area contributed by atoms with Gasteiger partial charge in [0.05, 0.1) is 4.92 Å². The smallest absolute Gasteiger partial charge is 0.272 e. The fraction of sp³-hybridized carbons (Fsp3) is 0.538. The number of anilines is 1. The average Bonchev–Trinajstić information content (AvgIpc) is 2.76. The van der Waals surface area contributed by atoms with Crippen molar-refractivity contribution in [3.8, 4) is 0 Å². The number of hydrogen-bond donors (Lipinski definition) is 2. The van der Waals surface area contributed by atoms with Gasteiger partial charge in [0.15, 0.2) is 0 Å². The predicted molar refractivity (Wildman–Crippen MR) is 71.6 cm³/mol. The van der Waals surface area contributed by atoms with Crippen molar-refractivity contribution in [3.05, 3.63) is 33.9 Å². The number of nitro groups is 1. The molecular weight excluding hydrogens is 230 g/mol. The molecule has 1 aliphatic rings. The van der Waals surface area contributed by atoms with Gasteiger partial charge in [-0.25, -0.2) is 0 Å². The van der Waals surface area contributed by atoms with E-state index in [1.165, 1.54) is 12.8 Å². The van der Waals surface area contributed by atoms with E-state index in [1.54, 1.807) is 19.1 Å². The second-order valence-electron chi connectivity index (χ2n) is 4.94. The summed E-state index contributed by atoms with van der Waals surface area (Å²) in [5, 5.41) is 14.2. The molecule has 2 unspecified atom stereocenters. The van der Waals surface area contributed by atoms with Gasteiger partial charge in [-0.05, 0) is 44.4 Å². The largest absolute Gasteiger partial charge is 0.382 e. The summed E-state index contributed by atoms with van der Waals surface area (Å²) in [7, 11) is 0. The van der Waals surface area contributed by atoms with E-state index in [0.717, 1.165) is 12.1 Å². The maximum Gasteiger partial charge on any atom is 0.272 e. The zero-order valence-electron chi connectivity index (χ0n) is 10.6. The molecule has 0 heterocycles. The minimum atomic E-state index is -0.350. The Morgan fingerprint density at radius 3 is 2.89 bits per heavy atom. The molecule has 3 N–H and O–H groups in total. The Bertz CT molecular complexity index is 448. The minimum Gasteiger partial charge on any atom is -0.382 e. The molecule has 0 aromatic heterocycles. The molecule has 1 saturated carbocycles. The summed E-state index contributed by atoms with van der Waals surface area (Å²) in [6, 6.07) is 5.57. The summed E-state index contributed by atoms with van der Waals surface area (Å²) in [5.74, 6) is 0.514. The Balaban J connectivity index is 2.10. The number of nitrogens with one attached hydrogen (secondary N) is 1. The average molecular weight is 249 g/mol. The van der Waals surface area contributed by atoms with Gasteiger partial charge in [-0.3, -0.25) is 10.1 Å². The van der Waals surface area contributed by atoms with Crippen LogP contribution in [0.25, 0.3) is 0 Å². The zero-order chi connectivity index (χ0) is 13.1. The van der Waals surface area contributed by atoms with E-state index in [2.05, 4.69) is 5.32 Å². The van der Waals surface area contributed by atoms with Gasteiger partial charge in [-0.2, -0.15) is 0 Å². The molecule has 5 nitrogen and oxygen atoms in total. The summed E-state index contributed by atoms with van der Waals surface area (Å²) in [5.41, 5.74) is 7.55. The Morgan fingerprint density at radius 2 is 2.28 bits per heavy atom. The quantitative estimate of drug-likeness (QED) is 0.634. The van der Waals surface area contributed by atoms with Gasteiger partial charge < -0.3 is 11.1 Å². The first-order valence-corrected chi connectivity index (χ1v) is 6.33. The molecule has 0 bridgehead atoms. The van der Waals surface area contributed by atoms with Crippen molar-refractivity contribution in [1.82, 2.24) is 0 Å². The van der Waals surface area contributed by atoms with Crippen molar-refractivity contribution in [3.63, 3.8) is 0 Å². The number of benzene rings is 1. The Hall–Kier alpha value is -1.62. The minimum absolute atomic E-state index is 0.169.